The Labute approximate surface area is 122 Å². The van der Waals surface area contributed by atoms with Crippen LogP contribution < -0.4 is 9.47 Å². The maximum atomic E-state index is 10.8. The maximum absolute atomic E-state index is 10.8. The standard InChI is InChI=1S/C12H11BrN2O5/c1-19-8-4-7(16)9(10(13)11(8)20-2)5-3-6(12(17)18)15-14-5/h3-4,16H,1-2H3,(H,14,15)(H,17,18). The second-order valence-electron chi connectivity index (χ2n) is 3.79. The topological polar surface area (TPSA) is 105 Å². The Bertz CT molecular complexity index is 668. The van der Waals surface area contributed by atoms with Gasteiger partial charge >= 0.3 is 5.97 Å². The molecule has 0 aliphatic carbocycles. The van der Waals surface area contributed by atoms with Crippen LogP contribution in [0.3, 0.4) is 0 Å². The molecule has 0 atom stereocenters. The molecule has 2 rings (SSSR count). The first-order valence-electron chi connectivity index (χ1n) is 5.42. The summed E-state index contributed by atoms with van der Waals surface area (Å²) in [7, 11) is 2.90. The summed E-state index contributed by atoms with van der Waals surface area (Å²) in [5, 5.41) is 25.2. The summed E-state index contributed by atoms with van der Waals surface area (Å²) in [5.74, 6) is -0.535. The normalized spacial score (nSPS) is 10.3. The van der Waals surface area contributed by atoms with Crippen molar-refractivity contribution >= 4 is 21.9 Å². The van der Waals surface area contributed by atoms with Gasteiger partial charge in [0.05, 0.1) is 29.9 Å². The third-order valence-corrected chi connectivity index (χ3v) is 3.41. The van der Waals surface area contributed by atoms with Crippen LogP contribution in [0.2, 0.25) is 0 Å². The molecule has 0 aliphatic heterocycles. The second kappa shape index (κ2) is 5.41. The molecule has 0 unspecified atom stereocenters. The lowest BCUT2D eigenvalue weighted by molar-refractivity contribution is 0.0690. The van der Waals surface area contributed by atoms with Crippen LogP contribution in [0.4, 0.5) is 0 Å². The van der Waals surface area contributed by atoms with Crippen LogP contribution >= 0.6 is 15.9 Å². The molecule has 1 heterocycles. The summed E-state index contributed by atoms with van der Waals surface area (Å²) in [4.78, 5) is 10.8. The van der Waals surface area contributed by atoms with E-state index in [4.69, 9.17) is 14.6 Å². The van der Waals surface area contributed by atoms with Crippen LogP contribution in [0.1, 0.15) is 10.5 Å². The minimum absolute atomic E-state index is 0.0823. The first kappa shape index (κ1) is 14.2. The first-order valence-corrected chi connectivity index (χ1v) is 6.21. The molecule has 0 radical (unpaired) electrons. The quantitative estimate of drug-likeness (QED) is 0.787. The number of rotatable bonds is 4. The zero-order valence-electron chi connectivity index (χ0n) is 10.6. The number of aromatic carboxylic acids is 1. The van der Waals surface area contributed by atoms with Crippen molar-refractivity contribution in [3.63, 3.8) is 0 Å². The molecule has 106 valence electrons. The maximum Gasteiger partial charge on any atom is 0.353 e. The second-order valence-corrected chi connectivity index (χ2v) is 4.59. The lowest BCUT2D eigenvalue weighted by atomic mass is 10.1. The number of methoxy groups -OCH3 is 2. The zero-order chi connectivity index (χ0) is 14.9. The number of carbonyl (C=O) groups is 1. The van der Waals surface area contributed by atoms with Gasteiger partial charge in [0.15, 0.2) is 11.5 Å². The van der Waals surface area contributed by atoms with Crippen molar-refractivity contribution < 1.29 is 24.5 Å². The number of carboxylic acids is 1. The zero-order valence-corrected chi connectivity index (χ0v) is 12.2. The van der Waals surface area contributed by atoms with E-state index in [1.54, 1.807) is 0 Å². The fraction of sp³-hybridized carbons (Fsp3) is 0.167. The Kier molecular flexibility index (Phi) is 3.84. The average molecular weight is 343 g/mol. The number of halogens is 1. The van der Waals surface area contributed by atoms with Crippen molar-refractivity contribution in [2.24, 2.45) is 0 Å². The predicted molar refractivity (Wildman–Crippen MR) is 73.5 cm³/mol. The van der Waals surface area contributed by atoms with Crippen molar-refractivity contribution in [2.45, 2.75) is 0 Å². The van der Waals surface area contributed by atoms with Crippen LogP contribution in [-0.2, 0) is 0 Å². The van der Waals surface area contributed by atoms with Gasteiger partial charge in [0.1, 0.15) is 11.4 Å². The molecule has 0 spiro atoms. The van der Waals surface area contributed by atoms with Crippen LogP contribution in [-0.4, -0.2) is 40.6 Å². The van der Waals surface area contributed by atoms with E-state index >= 15 is 0 Å². The number of phenols is 1. The fourth-order valence-electron chi connectivity index (χ4n) is 1.74. The van der Waals surface area contributed by atoms with Gasteiger partial charge in [0, 0.05) is 6.07 Å². The van der Waals surface area contributed by atoms with Crippen LogP contribution in [0.5, 0.6) is 17.2 Å². The number of H-pyrrole nitrogens is 1. The Morgan fingerprint density at radius 2 is 2.05 bits per heavy atom. The number of aromatic amines is 1. The number of hydrogen-bond acceptors (Lipinski definition) is 5. The van der Waals surface area contributed by atoms with Crippen molar-refractivity contribution in [3.8, 4) is 28.5 Å². The van der Waals surface area contributed by atoms with Gasteiger partial charge in [-0.15, -0.1) is 0 Å². The van der Waals surface area contributed by atoms with E-state index in [1.165, 1.54) is 26.4 Å². The molecule has 7 nitrogen and oxygen atoms in total. The van der Waals surface area contributed by atoms with Crippen molar-refractivity contribution in [3.05, 3.63) is 22.3 Å². The summed E-state index contributed by atoms with van der Waals surface area (Å²) in [6.45, 7) is 0. The lowest BCUT2D eigenvalue weighted by Crippen LogP contribution is -1.95. The van der Waals surface area contributed by atoms with Gasteiger partial charge in [-0.2, -0.15) is 5.10 Å². The minimum atomic E-state index is -1.14. The molecule has 0 bridgehead atoms. The van der Waals surface area contributed by atoms with Gasteiger partial charge in [-0.25, -0.2) is 4.79 Å². The number of ether oxygens (including phenoxy) is 2. The summed E-state index contributed by atoms with van der Waals surface area (Å²) < 4.78 is 10.7. The van der Waals surface area contributed by atoms with Crippen LogP contribution in [0.15, 0.2) is 16.6 Å². The number of carboxylic acid groups (broad SMARTS) is 1. The number of phenolic OH excluding ortho intramolecular Hbond substituents is 1. The summed E-state index contributed by atoms with van der Waals surface area (Å²) in [6.07, 6.45) is 0. The van der Waals surface area contributed by atoms with E-state index in [2.05, 4.69) is 26.1 Å². The highest BCUT2D eigenvalue weighted by Crippen LogP contribution is 2.46. The predicted octanol–water partition coefficient (Wildman–Crippen LogP) is 2.26. The average Bonchev–Trinajstić information content (AvgIpc) is 2.87. The van der Waals surface area contributed by atoms with Gasteiger partial charge in [-0.1, -0.05) is 0 Å². The van der Waals surface area contributed by atoms with E-state index in [9.17, 15) is 9.90 Å². The van der Waals surface area contributed by atoms with Gasteiger partial charge in [0.25, 0.3) is 0 Å². The Balaban J connectivity index is 2.64. The summed E-state index contributed by atoms with van der Waals surface area (Å²) in [6, 6.07) is 2.68. The number of nitrogens with one attached hydrogen (secondary N) is 1. The molecule has 0 fully saturated rings. The molecule has 8 heteroatoms. The molecule has 3 N–H and O–H groups in total. The molecule has 0 aliphatic rings. The van der Waals surface area contributed by atoms with Gasteiger partial charge in [-0.3, -0.25) is 5.10 Å². The largest absolute Gasteiger partial charge is 0.507 e. The molecule has 0 saturated heterocycles. The van der Waals surface area contributed by atoms with Crippen molar-refractivity contribution in [1.29, 1.82) is 0 Å². The first-order chi connectivity index (χ1) is 9.49. The highest BCUT2D eigenvalue weighted by Gasteiger charge is 2.21. The highest BCUT2D eigenvalue weighted by atomic mass is 79.9. The van der Waals surface area contributed by atoms with Crippen molar-refractivity contribution in [2.75, 3.05) is 14.2 Å². The molecule has 2 aromatic rings. The van der Waals surface area contributed by atoms with E-state index in [1.807, 2.05) is 0 Å². The number of aromatic nitrogens is 2. The molecule has 0 amide bonds. The van der Waals surface area contributed by atoms with E-state index in [0.29, 0.717) is 21.5 Å². The van der Waals surface area contributed by atoms with Gasteiger partial charge < -0.3 is 19.7 Å². The Morgan fingerprint density at radius 1 is 1.35 bits per heavy atom. The molecular weight excluding hydrogens is 332 g/mol. The number of hydrogen-bond donors (Lipinski definition) is 3. The highest BCUT2D eigenvalue weighted by molar-refractivity contribution is 9.10. The van der Waals surface area contributed by atoms with Gasteiger partial charge in [-0.05, 0) is 22.0 Å². The molecular formula is C12H11BrN2O5. The fourth-order valence-corrected chi connectivity index (χ4v) is 2.50. The Hall–Kier alpha value is -2.22. The SMILES string of the molecule is COc1cc(O)c(-c2cc(C(=O)O)[nH]n2)c(Br)c1OC. The Morgan fingerprint density at radius 3 is 2.55 bits per heavy atom. The summed E-state index contributed by atoms with van der Waals surface area (Å²) >= 11 is 3.30. The monoisotopic (exact) mass is 342 g/mol. The van der Waals surface area contributed by atoms with Crippen LogP contribution in [0.25, 0.3) is 11.3 Å². The van der Waals surface area contributed by atoms with Crippen LogP contribution in [0, 0.1) is 0 Å². The number of benzene rings is 1. The van der Waals surface area contributed by atoms with E-state index in [0.717, 1.165) is 0 Å². The lowest BCUT2D eigenvalue weighted by Gasteiger charge is -2.13. The third-order valence-electron chi connectivity index (χ3n) is 2.66. The molecule has 1 aromatic carbocycles. The van der Waals surface area contributed by atoms with Crippen molar-refractivity contribution in [1.82, 2.24) is 10.2 Å². The number of nitrogens with zero attached hydrogens (tertiary/aromatic N) is 1. The van der Waals surface area contributed by atoms with E-state index in [-0.39, 0.29) is 17.1 Å². The molecule has 20 heavy (non-hydrogen) atoms. The summed E-state index contributed by atoms with van der Waals surface area (Å²) in [5.41, 5.74) is 0.500. The third kappa shape index (κ3) is 2.29. The van der Waals surface area contributed by atoms with Gasteiger partial charge in [0.2, 0.25) is 0 Å². The molecule has 1 aromatic heterocycles. The molecule has 0 saturated carbocycles. The number of aromatic hydroxyl groups is 1. The van der Waals surface area contributed by atoms with E-state index < -0.39 is 5.97 Å². The minimum Gasteiger partial charge on any atom is -0.507 e. The smallest absolute Gasteiger partial charge is 0.353 e.